The van der Waals surface area contributed by atoms with E-state index >= 15 is 0 Å². The van der Waals surface area contributed by atoms with Gasteiger partial charge < -0.3 is 0 Å². The van der Waals surface area contributed by atoms with Gasteiger partial charge in [-0.1, -0.05) is 12.1 Å². The molecule has 93 valence electrons. The van der Waals surface area contributed by atoms with Crippen LogP contribution in [-0.2, 0) is 23.5 Å². The Morgan fingerprint density at radius 3 is 2.39 bits per heavy atom. The van der Waals surface area contributed by atoms with Gasteiger partial charge in [-0.25, -0.2) is 0 Å². The van der Waals surface area contributed by atoms with Crippen LogP contribution in [0.5, 0.6) is 0 Å². The Bertz CT molecular complexity index is 672. The Labute approximate surface area is 103 Å². The van der Waals surface area contributed by atoms with Gasteiger partial charge in [-0.2, -0.15) is 5.90 Å². The minimum atomic E-state index is -4.00. The van der Waals surface area contributed by atoms with Crippen LogP contribution in [-0.4, -0.2) is 4.92 Å². The van der Waals surface area contributed by atoms with Crippen LogP contribution in [0.15, 0.2) is 41.3 Å². The molecule has 0 aromatic heterocycles. The van der Waals surface area contributed by atoms with Crippen molar-refractivity contribution in [3.63, 3.8) is 0 Å². The SMILES string of the molecule is [NH3+]O[S+]([O])(=O)c1cccc2c([N+](=O)[O-])cccc12. The normalized spacial score (nSPS) is 14.3. The van der Waals surface area contributed by atoms with Crippen LogP contribution in [0, 0.1) is 10.1 Å². The quantitative estimate of drug-likeness (QED) is 0.508. The molecule has 0 saturated heterocycles. The summed E-state index contributed by atoms with van der Waals surface area (Å²) in [7, 11) is -4.00. The number of hydrogen-bond acceptors (Lipinski definition) is 4. The zero-order valence-corrected chi connectivity index (χ0v) is 9.88. The molecule has 3 N–H and O–H groups in total. The molecule has 8 heteroatoms. The Morgan fingerprint density at radius 2 is 1.78 bits per heavy atom. The molecule has 1 atom stereocenters. The van der Waals surface area contributed by atoms with Gasteiger partial charge in [0.2, 0.25) is 4.90 Å². The van der Waals surface area contributed by atoms with Crippen molar-refractivity contribution < 1.29 is 23.9 Å². The smallest absolute Gasteiger partial charge is 0.258 e. The maximum atomic E-state index is 11.6. The van der Waals surface area contributed by atoms with Crippen molar-refractivity contribution in [2.45, 2.75) is 4.90 Å². The van der Waals surface area contributed by atoms with Crippen LogP contribution >= 0.6 is 0 Å². The third-order valence-electron chi connectivity index (χ3n) is 2.48. The van der Waals surface area contributed by atoms with E-state index in [9.17, 15) is 18.9 Å². The fourth-order valence-electron chi connectivity index (χ4n) is 1.71. The number of nitro groups is 1. The highest BCUT2D eigenvalue weighted by atomic mass is 32.3. The van der Waals surface area contributed by atoms with Crippen LogP contribution in [0.4, 0.5) is 5.69 Å². The summed E-state index contributed by atoms with van der Waals surface area (Å²) in [5, 5.41) is 11.3. The molecule has 0 aliphatic rings. The highest BCUT2D eigenvalue weighted by molar-refractivity contribution is 7.93. The first-order chi connectivity index (χ1) is 8.47. The highest BCUT2D eigenvalue weighted by Gasteiger charge is 2.39. The van der Waals surface area contributed by atoms with Crippen LogP contribution < -0.4 is 5.90 Å². The van der Waals surface area contributed by atoms with Crippen molar-refractivity contribution in [1.29, 1.82) is 0 Å². The number of fused-ring (bicyclic) bond motifs is 1. The number of nitro benzene ring substituents is 1. The number of hydrogen-bond donors (Lipinski definition) is 1. The van der Waals surface area contributed by atoms with E-state index in [1.165, 1.54) is 36.4 Å². The summed E-state index contributed by atoms with van der Waals surface area (Å²) in [6, 6.07) is 8.42. The second kappa shape index (κ2) is 4.42. The van der Waals surface area contributed by atoms with Crippen molar-refractivity contribution in [1.82, 2.24) is 0 Å². The summed E-state index contributed by atoms with van der Waals surface area (Å²) < 4.78 is 27.5. The number of quaternary nitrogens is 1. The first-order valence-corrected chi connectivity index (χ1v) is 6.23. The highest BCUT2D eigenvalue weighted by Crippen LogP contribution is 2.32. The Morgan fingerprint density at radius 1 is 1.17 bits per heavy atom. The lowest BCUT2D eigenvalue weighted by Gasteiger charge is -2.01. The van der Waals surface area contributed by atoms with Gasteiger partial charge in [0.1, 0.15) is 0 Å². The lowest BCUT2D eigenvalue weighted by molar-refractivity contribution is -0.637. The summed E-state index contributed by atoms with van der Waals surface area (Å²) in [5.41, 5.74) is -0.159. The molecule has 0 aliphatic heterocycles. The molecule has 0 aliphatic carbocycles. The van der Waals surface area contributed by atoms with Crippen molar-refractivity contribution >= 4 is 27.0 Å². The topological polar surface area (TPSA) is 117 Å². The van der Waals surface area contributed by atoms with Gasteiger partial charge in [0.05, 0.1) is 24.5 Å². The van der Waals surface area contributed by atoms with E-state index in [0.717, 1.165) is 0 Å². The van der Waals surface area contributed by atoms with Gasteiger partial charge in [0.15, 0.2) is 0 Å². The predicted octanol–water partition coefficient (Wildman–Crippen LogP) is 1.04. The van der Waals surface area contributed by atoms with Crippen molar-refractivity contribution in [2.75, 3.05) is 0 Å². The number of rotatable bonds is 3. The third-order valence-corrected chi connectivity index (χ3v) is 3.69. The fourth-order valence-corrected chi connectivity index (χ4v) is 2.52. The Balaban J connectivity index is 2.84. The minimum absolute atomic E-state index is 0.140. The van der Waals surface area contributed by atoms with Gasteiger partial charge in [0.25, 0.3) is 5.69 Å². The fraction of sp³-hybridized carbons (Fsp3) is 0. The second-order valence-electron chi connectivity index (χ2n) is 3.46. The molecule has 18 heavy (non-hydrogen) atoms. The van der Waals surface area contributed by atoms with E-state index in [2.05, 4.69) is 10.2 Å². The van der Waals surface area contributed by atoms with Crippen LogP contribution in [0.1, 0.15) is 0 Å². The summed E-state index contributed by atoms with van der Waals surface area (Å²) in [6.07, 6.45) is 0. The number of non-ortho nitro benzene ring substituents is 1. The average Bonchev–Trinajstić information content (AvgIpc) is 2.37. The van der Waals surface area contributed by atoms with Gasteiger partial charge in [0, 0.05) is 12.1 Å². The molecule has 1 unspecified atom stereocenters. The molecule has 0 heterocycles. The predicted molar refractivity (Wildman–Crippen MR) is 61.6 cm³/mol. The van der Waals surface area contributed by atoms with Crippen molar-refractivity contribution in [3.05, 3.63) is 46.5 Å². The van der Waals surface area contributed by atoms with E-state index < -0.39 is 15.4 Å². The molecule has 1 radical (unpaired) electrons. The third kappa shape index (κ3) is 1.97. The molecule has 0 bridgehead atoms. The zero-order chi connectivity index (χ0) is 13.3. The van der Waals surface area contributed by atoms with Gasteiger partial charge >= 0.3 is 10.5 Å². The Kier molecular flexibility index (Phi) is 3.09. The molecule has 0 fully saturated rings. The zero-order valence-electron chi connectivity index (χ0n) is 9.07. The summed E-state index contributed by atoms with van der Waals surface area (Å²) in [4.78, 5) is 10.2. The molecule has 0 spiro atoms. The Hall–Kier alpha value is -1.87. The van der Waals surface area contributed by atoms with Crippen LogP contribution in [0.2, 0.25) is 0 Å². The molecule has 2 aromatic carbocycles. The van der Waals surface area contributed by atoms with Gasteiger partial charge in [-0.05, 0) is 16.3 Å². The molecular formula is C10H9N2O5S+2. The van der Waals surface area contributed by atoms with Crippen molar-refractivity contribution in [3.8, 4) is 0 Å². The summed E-state index contributed by atoms with van der Waals surface area (Å²) in [5.74, 6) is 2.88. The monoisotopic (exact) mass is 269 g/mol. The number of benzene rings is 2. The van der Waals surface area contributed by atoms with Crippen LogP contribution in [0.25, 0.3) is 10.8 Å². The average molecular weight is 269 g/mol. The largest absolute Gasteiger partial charge is 0.482 e. The molecular weight excluding hydrogens is 260 g/mol. The van der Waals surface area contributed by atoms with E-state index in [0.29, 0.717) is 0 Å². The second-order valence-corrected chi connectivity index (χ2v) is 5.04. The minimum Gasteiger partial charge on any atom is -0.258 e. The molecule has 0 amide bonds. The van der Waals surface area contributed by atoms with Crippen molar-refractivity contribution in [2.24, 2.45) is 0 Å². The van der Waals surface area contributed by atoms with E-state index in [1.807, 2.05) is 0 Å². The summed E-state index contributed by atoms with van der Waals surface area (Å²) in [6.45, 7) is 0. The number of nitrogens with zero attached hydrogens (tertiary/aromatic N) is 1. The first kappa shape index (κ1) is 12.6. The summed E-state index contributed by atoms with van der Waals surface area (Å²) >= 11 is 0. The van der Waals surface area contributed by atoms with E-state index in [4.69, 9.17) is 0 Å². The lowest BCUT2D eigenvalue weighted by atomic mass is 10.1. The first-order valence-electron chi connectivity index (χ1n) is 4.82. The van der Waals surface area contributed by atoms with Gasteiger partial charge in [-0.3, -0.25) is 10.1 Å². The molecule has 7 nitrogen and oxygen atoms in total. The standard InChI is InChI=1S/C10H9N2O5S/c11-17-18(15,16)10-6-2-3-7-8(10)4-1-5-9(7)12(13)14/h1-6H,11H3/q+2. The molecule has 2 rings (SSSR count). The van der Waals surface area contributed by atoms with Crippen LogP contribution in [0.3, 0.4) is 0 Å². The van der Waals surface area contributed by atoms with Gasteiger partial charge in [-0.15, -0.1) is 0 Å². The van der Waals surface area contributed by atoms with E-state index in [-0.39, 0.29) is 21.4 Å². The molecule has 2 aromatic rings. The van der Waals surface area contributed by atoms with E-state index in [1.54, 1.807) is 0 Å². The lowest BCUT2D eigenvalue weighted by Crippen LogP contribution is -2.52. The maximum Gasteiger partial charge on any atom is 0.482 e. The molecule has 0 saturated carbocycles. The maximum absolute atomic E-state index is 11.6.